The van der Waals surface area contributed by atoms with Crippen LogP contribution in [0.15, 0.2) is 116 Å². The van der Waals surface area contributed by atoms with Crippen LogP contribution in [-0.2, 0) is 0 Å². The average Bonchev–Trinajstić information content (AvgIpc) is 2.79. The number of allylic oxidation sites excluding steroid dienone is 2. The minimum Gasteiger partial charge on any atom is -0.103 e. The van der Waals surface area contributed by atoms with Crippen molar-refractivity contribution in [2.24, 2.45) is 0 Å². The molecule has 0 saturated carbocycles. The van der Waals surface area contributed by atoms with Crippen molar-refractivity contribution in [3.05, 3.63) is 133 Å². The quantitative estimate of drug-likeness (QED) is 0.294. The van der Waals surface area contributed by atoms with Gasteiger partial charge in [-0.05, 0) is 60.1 Å². The maximum absolute atomic E-state index is 4.03. The van der Waals surface area contributed by atoms with Crippen molar-refractivity contribution in [2.45, 2.75) is 43.4 Å². The summed E-state index contributed by atoms with van der Waals surface area (Å²) in [5.74, 6) is 1.46. The molecule has 2 atom stereocenters. The molecule has 3 rings (SSSR count). The maximum Gasteiger partial charge on any atom is -0.0122 e. The summed E-state index contributed by atoms with van der Waals surface area (Å²) < 4.78 is 0. The van der Waals surface area contributed by atoms with Gasteiger partial charge in [0.1, 0.15) is 0 Å². The zero-order valence-corrected chi connectivity index (χ0v) is 17.3. The van der Waals surface area contributed by atoms with Gasteiger partial charge in [-0.1, -0.05) is 103 Å². The van der Waals surface area contributed by atoms with Crippen LogP contribution < -0.4 is 0 Å². The van der Waals surface area contributed by atoms with Crippen LogP contribution in [0.25, 0.3) is 0 Å². The highest BCUT2D eigenvalue weighted by molar-refractivity contribution is 5.27. The van der Waals surface area contributed by atoms with E-state index in [9.17, 15) is 0 Å². The molecule has 0 radical (unpaired) electrons. The van der Waals surface area contributed by atoms with Crippen LogP contribution in [-0.4, -0.2) is 0 Å². The molecule has 0 saturated heterocycles. The lowest BCUT2D eigenvalue weighted by atomic mass is 9.77. The van der Waals surface area contributed by atoms with Gasteiger partial charge in [0.05, 0.1) is 0 Å². The molecule has 0 amide bonds. The molecule has 0 aliphatic heterocycles. The second-order valence-electron chi connectivity index (χ2n) is 7.84. The average molecular weight is 381 g/mol. The lowest BCUT2D eigenvalue weighted by molar-refractivity contribution is 0.464. The Morgan fingerprint density at radius 3 is 1.10 bits per heavy atom. The third-order valence-electron chi connectivity index (χ3n) is 5.85. The Hall–Kier alpha value is -2.86. The van der Waals surface area contributed by atoms with Crippen molar-refractivity contribution in [3.63, 3.8) is 0 Å². The second kappa shape index (κ2) is 11.2. The molecule has 0 heterocycles. The largest absolute Gasteiger partial charge is 0.103 e. The van der Waals surface area contributed by atoms with Crippen molar-refractivity contribution in [1.82, 2.24) is 0 Å². The molecule has 0 aliphatic carbocycles. The molecule has 0 nitrogen and oxygen atoms in total. The summed E-state index contributed by atoms with van der Waals surface area (Å²) in [6.45, 7) is 8.06. The van der Waals surface area contributed by atoms with Crippen molar-refractivity contribution in [1.29, 1.82) is 0 Å². The summed E-state index contributed by atoms with van der Waals surface area (Å²) in [4.78, 5) is 0. The molecule has 29 heavy (non-hydrogen) atoms. The van der Waals surface area contributed by atoms with E-state index in [1.807, 2.05) is 0 Å². The first kappa shape index (κ1) is 20.9. The lowest BCUT2D eigenvalue weighted by Gasteiger charge is -2.28. The zero-order chi connectivity index (χ0) is 20.3. The van der Waals surface area contributed by atoms with Crippen molar-refractivity contribution in [3.8, 4) is 0 Å². The minimum absolute atomic E-state index is 0.485. The van der Waals surface area contributed by atoms with E-state index in [0.29, 0.717) is 17.8 Å². The van der Waals surface area contributed by atoms with Crippen LogP contribution in [0.2, 0.25) is 0 Å². The third kappa shape index (κ3) is 6.06. The van der Waals surface area contributed by atoms with Gasteiger partial charge in [-0.25, -0.2) is 0 Å². The summed E-state index contributed by atoms with van der Waals surface area (Å²) in [5.41, 5.74) is 4.25. The zero-order valence-electron chi connectivity index (χ0n) is 17.3. The summed E-state index contributed by atoms with van der Waals surface area (Å²) >= 11 is 0. The molecule has 2 unspecified atom stereocenters. The molecule has 3 aromatic carbocycles. The molecule has 0 fully saturated rings. The molecule has 148 valence electrons. The van der Waals surface area contributed by atoms with E-state index in [0.717, 1.165) is 25.7 Å². The normalized spacial score (nSPS) is 13.9. The molecular formula is C29H32. The fourth-order valence-electron chi connectivity index (χ4n) is 4.37. The van der Waals surface area contributed by atoms with Gasteiger partial charge in [0.15, 0.2) is 0 Å². The van der Waals surface area contributed by atoms with E-state index < -0.39 is 0 Å². The highest BCUT2D eigenvalue weighted by atomic mass is 14.3. The number of hydrogen-bond donors (Lipinski definition) is 0. The fraction of sp³-hybridized carbons (Fsp3) is 0.241. The summed E-state index contributed by atoms with van der Waals surface area (Å²) in [6, 6.07) is 32.8. The highest BCUT2D eigenvalue weighted by Crippen LogP contribution is 2.39. The fourth-order valence-corrected chi connectivity index (χ4v) is 4.37. The van der Waals surface area contributed by atoms with E-state index in [1.54, 1.807) is 0 Å². The van der Waals surface area contributed by atoms with E-state index in [-0.39, 0.29) is 0 Å². The molecule has 0 N–H and O–H groups in total. The first-order valence-corrected chi connectivity index (χ1v) is 10.7. The number of benzene rings is 3. The van der Waals surface area contributed by atoms with Gasteiger partial charge in [0, 0.05) is 0 Å². The Bertz CT molecular complexity index is 793. The Kier molecular flexibility index (Phi) is 8.07. The highest BCUT2D eigenvalue weighted by Gasteiger charge is 2.23. The standard InChI is InChI=1S/C29H32/c1-3-14-27(24-16-8-5-9-17-24)22-29(26-20-12-7-13-21-26)23-28(15-4-2)25-18-10-6-11-19-25/h3-13,16-21,27-29H,1-2,14-15,22-23H2. The van der Waals surface area contributed by atoms with Gasteiger partial charge in [0.2, 0.25) is 0 Å². The van der Waals surface area contributed by atoms with Gasteiger partial charge in [0.25, 0.3) is 0 Å². The van der Waals surface area contributed by atoms with Crippen LogP contribution in [0.5, 0.6) is 0 Å². The van der Waals surface area contributed by atoms with Crippen molar-refractivity contribution in [2.75, 3.05) is 0 Å². The van der Waals surface area contributed by atoms with Gasteiger partial charge < -0.3 is 0 Å². The van der Waals surface area contributed by atoms with Gasteiger partial charge >= 0.3 is 0 Å². The SMILES string of the molecule is C=CCC(CC(CC(CC=C)c1ccccc1)c1ccccc1)c1ccccc1. The maximum atomic E-state index is 4.03. The Morgan fingerprint density at radius 2 is 0.793 bits per heavy atom. The Balaban J connectivity index is 1.89. The van der Waals surface area contributed by atoms with Gasteiger partial charge in [-0.3, -0.25) is 0 Å². The number of rotatable bonds is 11. The molecular weight excluding hydrogens is 348 g/mol. The predicted molar refractivity (Wildman–Crippen MR) is 126 cm³/mol. The third-order valence-corrected chi connectivity index (χ3v) is 5.85. The molecule has 0 bridgehead atoms. The summed E-state index contributed by atoms with van der Waals surface area (Å²) in [5, 5.41) is 0. The van der Waals surface area contributed by atoms with E-state index in [4.69, 9.17) is 0 Å². The molecule has 3 aromatic rings. The van der Waals surface area contributed by atoms with E-state index in [2.05, 4.69) is 116 Å². The van der Waals surface area contributed by atoms with Crippen molar-refractivity contribution < 1.29 is 0 Å². The predicted octanol–water partition coefficient (Wildman–Crippen LogP) is 8.27. The summed E-state index contributed by atoms with van der Waals surface area (Å²) in [7, 11) is 0. The first-order valence-electron chi connectivity index (χ1n) is 10.7. The van der Waals surface area contributed by atoms with Gasteiger partial charge in [-0.15, -0.1) is 13.2 Å². The molecule has 0 aromatic heterocycles. The van der Waals surface area contributed by atoms with Crippen LogP contribution >= 0.6 is 0 Å². The second-order valence-corrected chi connectivity index (χ2v) is 7.84. The molecule has 0 aliphatic rings. The Labute approximate surface area is 176 Å². The van der Waals surface area contributed by atoms with E-state index >= 15 is 0 Å². The monoisotopic (exact) mass is 380 g/mol. The smallest absolute Gasteiger partial charge is 0.0122 e. The Morgan fingerprint density at radius 1 is 0.483 bits per heavy atom. The molecule has 0 heteroatoms. The van der Waals surface area contributed by atoms with Crippen LogP contribution in [0.3, 0.4) is 0 Å². The van der Waals surface area contributed by atoms with Crippen molar-refractivity contribution >= 4 is 0 Å². The van der Waals surface area contributed by atoms with Crippen LogP contribution in [0.4, 0.5) is 0 Å². The van der Waals surface area contributed by atoms with Gasteiger partial charge in [-0.2, -0.15) is 0 Å². The van der Waals surface area contributed by atoms with Crippen LogP contribution in [0.1, 0.15) is 60.1 Å². The van der Waals surface area contributed by atoms with E-state index in [1.165, 1.54) is 16.7 Å². The lowest BCUT2D eigenvalue weighted by Crippen LogP contribution is -2.11. The first-order chi connectivity index (χ1) is 14.3. The molecule has 0 spiro atoms. The topological polar surface area (TPSA) is 0 Å². The summed E-state index contributed by atoms with van der Waals surface area (Å²) in [6.07, 6.45) is 8.40. The minimum atomic E-state index is 0.485. The van der Waals surface area contributed by atoms with Crippen LogP contribution in [0, 0.1) is 0 Å². The number of hydrogen-bond acceptors (Lipinski definition) is 0.